The third-order valence-corrected chi connectivity index (χ3v) is 4.39. The molecule has 22 heavy (non-hydrogen) atoms. The van der Waals surface area contributed by atoms with Crippen LogP contribution in [0.15, 0.2) is 29.2 Å². The van der Waals surface area contributed by atoms with Gasteiger partial charge in [0, 0.05) is 44.5 Å². The summed E-state index contributed by atoms with van der Waals surface area (Å²) < 4.78 is 6.53. The fraction of sp³-hybridized carbons (Fsp3) is 0.625. The van der Waals surface area contributed by atoms with E-state index in [4.69, 9.17) is 4.74 Å². The summed E-state index contributed by atoms with van der Waals surface area (Å²) in [5, 5.41) is 9.75. The van der Waals surface area contributed by atoms with Crippen LogP contribution in [0.1, 0.15) is 19.3 Å². The van der Waals surface area contributed by atoms with Crippen LogP contribution in [0.5, 0.6) is 0 Å². The van der Waals surface area contributed by atoms with Crippen molar-refractivity contribution in [2.45, 2.75) is 25.8 Å². The molecule has 0 spiro atoms. The third-order valence-electron chi connectivity index (χ3n) is 4.39. The average molecular weight is 308 g/mol. The Morgan fingerprint density at radius 3 is 2.95 bits per heavy atom. The van der Waals surface area contributed by atoms with Crippen LogP contribution < -0.4 is 5.56 Å². The Labute approximate surface area is 130 Å². The number of carbonyl (C=O) groups excluding carboxylic acids is 1. The van der Waals surface area contributed by atoms with Gasteiger partial charge in [0.05, 0.1) is 6.61 Å². The maximum Gasteiger partial charge on any atom is 0.250 e. The van der Waals surface area contributed by atoms with E-state index in [0.29, 0.717) is 19.7 Å². The van der Waals surface area contributed by atoms with Gasteiger partial charge in [0.1, 0.15) is 6.54 Å². The molecule has 2 rings (SSSR count). The highest BCUT2D eigenvalue weighted by atomic mass is 16.5. The molecule has 1 aliphatic heterocycles. The Balaban J connectivity index is 2.03. The Hall–Kier alpha value is -1.66. The van der Waals surface area contributed by atoms with Gasteiger partial charge in [-0.1, -0.05) is 6.07 Å². The molecule has 1 aliphatic rings. The number of methoxy groups -OCH3 is 1. The van der Waals surface area contributed by atoms with Gasteiger partial charge < -0.3 is 19.3 Å². The summed E-state index contributed by atoms with van der Waals surface area (Å²) in [6.07, 6.45) is 4.10. The number of likely N-dealkylation sites (tertiary alicyclic amines) is 1. The fourth-order valence-electron chi connectivity index (χ4n) is 2.99. The predicted molar refractivity (Wildman–Crippen MR) is 82.5 cm³/mol. The molecule has 1 aromatic rings. The van der Waals surface area contributed by atoms with E-state index in [1.54, 1.807) is 30.3 Å². The first-order valence-corrected chi connectivity index (χ1v) is 7.63. The van der Waals surface area contributed by atoms with Crippen molar-refractivity contribution in [1.82, 2.24) is 9.47 Å². The largest absolute Gasteiger partial charge is 0.396 e. The molecular formula is C16H24N2O4. The van der Waals surface area contributed by atoms with Gasteiger partial charge in [-0.05, 0) is 25.3 Å². The van der Waals surface area contributed by atoms with E-state index in [9.17, 15) is 14.7 Å². The summed E-state index contributed by atoms with van der Waals surface area (Å²) in [6.45, 7) is 1.86. The molecular weight excluding hydrogens is 284 g/mol. The number of carbonyl (C=O) groups is 1. The summed E-state index contributed by atoms with van der Waals surface area (Å²) >= 11 is 0. The predicted octanol–water partition coefficient (Wildman–Crippen LogP) is 0.486. The molecule has 0 radical (unpaired) electrons. The van der Waals surface area contributed by atoms with Crippen LogP contribution >= 0.6 is 0 Å². The number of nitrogens with zero attached hydrogens (tertiary/aromatic N) is 2. The van der Waals surface area contributed by atoms with Crippen molar-refractivity contribution in [2.24, 2.45) is 5.41 Å². The highest BCUT2D eigenvalue weighted by Crippen LogP contribution is 2.33. The molecule has 122 valence electrons. The number of aliphatic hydroxyl groups excluding tert-OH is 1. The Morgan fingerprint density at radius 1 is 1.45 bits per heavy atom. The normalized spacial score (nSPS) is 21.8. The lowest BCUT2D eigenvalue weighted by Crippen LogP contribution is -2.49. The lowest BCUT2D eigenvalue weighted by Gasteiger charge is -2.42. The number of pyridine rings is 1. The number of aliphatic hydroxyl groups is 1. The Kier molecular flexibility index (Phi) is 5.74. The first-order chi connectivity index (χ1) is 10.6. The van der Waals surface area contributed by atoms with Gasteiger partial charge >= 0.3 is 0 Å². The van der Waals surface area contributed by atoms with Crippen LogP contribution in [0.2, 0.25) is 0 Å². The van der Waals surface area contributed by atoms with Crippen LogP contribution in [0.3, 0.4) is 0 Å². The zero-order valence-electron chi connectivity index (χ0n) is 13.0. The van der Waals surface area contributed by atoms with Gasteiger partial charge in [-0.2, -0.15) is 0 Å². The molecule has 1 atom stereocenters. The lowest BCUT2D eigenvalue weighted by atomic mass is 9.78. The maximum absolute atomic E-state index is 12.5. The molecule has 0 aliphatic carbocycles. The van der Waals surface area contributed by atoms with Gasteiger partial charge in [0.15, 0.2) is 0 Å². The number of aromatic nitrogens is 1. The number of rotatable bonds is 6. The number of piperidine rings is 1. The van der Waals surface area contributed by atoms with Crippen LogP contribution in [0.25, 0.3) is 0 Å². The van der Waals surface area contributed by atoms with Crippen molar-refractivity contribution < 1.29 is 14.6 Å². The topological polar surface area (TPSA) is 71.8 Å². The van der Waals surface area contributed by atoms with Gasteiger partial charge in [-0.3, -0.25) is 9.59 Å². The van der Waals surface area contributed by atoms with Gasteiger partial charge in [0.25, 0.3) is 5.56 Å². The number of hydrogen-bond acceptors (Lipinski definition) is 4. The molecule has 2 heterocycles. The molecule has 1 N–H and O–H groups in total. The minimum atomic E-state index is -0.286. The van der Waals surface area contributed by atoms with Crippen molar-refractivity contribution in [3.05, 3.63) is 34.7 Å². The minimum Gasteiger partial charge on any atom is -0.396 e. The second-order valence-electron chi connectivity index (χ2n) is 5.99. The maximum atomic E-state index is 12.5. The smallest absolute Gasteiger partial charge is 0.250 e. The van der Waals surface area contributed by atoms with Gasteiger partial charge in [-0.25, -0.2) is 0 Å². The second kappa shape index (κ2) is 7.56. The molecule has 0 aromatic carbocycles. The summed E-state index contributed by atoms with van der Waals surface area (Å²) in [5.41, 5.74) is -0.466. The average Bonchev–Trinajstić information content (AvgIpc) is 2.55. The first kappa shape index (κ1) is 16.7. The SMILES string of the molecule is COCCC1(CO)CCCN(C(=O)Cn2ccccc2=O)C1. The third kappa shape index (κ3) is 3.96. The summed E-state index contributed by atoms with van der Waals surface area (Å²) in [6, 6.07) is 4.84. The van der Waals surface area contributed by atoms with Crippen LogP contribution in [-0.4, -0.2) is 53.9 Å². The van der Waals surface area contributed by atoms with Crippen molar-refractivity contribution in [3.63, 3.8) is 0 Å². The van der Waals surface area contributed by atoms with Crippen LogP contribution in [0, 0.1) is 5.41 Å². The highest BCUT2D eigenvalue weighted by molar-refractivity contribution is 5.76. The van der Waals surface area contributed by atoms with E-state index in [2.05, 4.69) is 0 Å². The van der Waals surface area contributed by atoms with E-state index in [-0.39, 0.29) is 30.0 Å². The van der Waals surface area contributed by atoms with E-state index < -0.39 is 0 Å². The zero-order chi connectivity index (χ0) is 16.0. The standard InChI is InChI=1S/C16H24N2O4/c1-22-10-7-16(13-19)6-4-9-18(12-16)15(21)11-17-8-3-2-5-14(17)20/h2-3,5,8,19H,4,6-7,9-13H2,1H3. The molecule has 1 fully saturated rings. The number of ether oxygens (including phenoxy) is 1. The minimum absolute atomic E-state index is 0.0470. The number of amides is 1. The van der Waals surface area contributed by atoms with Crippen LogP contribution in [0.4, 0.5) is 0 Å². The second-order valence-corrected chi connectivity index (χ2v) is 5.99. The van der Waals surface area contributed by atoms with E-state index in [0.717, 1.165) is 19.3 Å². The lowest BCUT2D eigenvalue weighted by molar-refractivity contribution is -0.136. The zero-order valence-corrected chi connectivity index (χ0v) is 13.0. The first-order valence-electron chi connectivity index (χ1n) is 7.63. The van der Waals surface area contributed by atoms with Crippen LogP contribution in [-0.2, 0) is 16.1 Å². The summed E-state index contributed by atoms with van der Waals surface area (Å²) in [4.78, 5) is 25.9. The molecule has 1 saturated heterocycles. The molecule has 0 saturated carbocycles. The number of hydrogen-bond donors (Lipinski definition) is 1. The van der Waals surface area contributed by atoms with Crippen molar-refractivity contribution in [2.75, 3.05) is 33.4 Å². The van der Waals surface area contributed by atoms with Crippen molar-refractivity contribution >= 4 is 5.91 Å². The van der Waals surface area contributed by atoms with Gasteiger partial charge in [0.2, 0.25) is 5.91 Å². The molecule has 1 amide bonds. The quantitative estimate of drug-likeness (QED) is 0.830. The molecule has 6 heteroatoms. The van der Waals surface area contributed by atoms with Crippen molar-refractivity contribution in [1.29, 1.82) is 0 Å². The summed E-state index contributed by atoms with van der Waals surface area (Å²) in [5.74, 6) is -0.0803. The summed E-state index contributed by atoms with van der Waals surface area (Å²) in [7, 11) is 1.64. The Bertz CT molecular complexity index is 557. The van der Waals surface area contributed by atoms with E-state index in [1.807, 2.05) is 0 Å². The van der Waals surface area contributed by atoms with Crippen molar-refractivity contribution in [3.8, 4) is 0 Å². The Morgan fingerprint density at radius 2 is 2.27 bits per heavy atom. The molecule has 1 unspecified atom stereocenters. The fourth-order valence-corrected chi connectivity index (χ4v) is 2.99. The molecule has 6 nitrogen and oxygen atoms in total. The van der Waals surface area contributed by atoms with E-state index >= 15 is 0 Å². The molecule has 1 aromatic heterocycles. The molecule has 0 bridgehead atoms. The monoisotopic (exact) mass is 308 g/mol. The van der Waals surface area contributed by atoms with Gasteiger partial charge in [-0.15, -0.1) is 0 Å². The highest BCUT2D eigenvalue weighted by Gasteiger charge is 2.36. The van der Waals surface area contributed by atoms with E-state index in [1.165, 1.54) is 10.6 Å².